The number of nitrogens with two attached hydrogens (primary N) is 1. The van der Waals surface area contributed by atoms with Crippen LogP contribution in [0.4, 0.5) is 0 Å². The Bertz CT molecular complexity index is 573. The number of hydrogen-bond donors (Lipinski definition) is 3. The lowest BCUT2D eigenvalue weighted by Crippen LogP contribution is -2.42. The minimum absolute atomic E-state index is 0.0236. The van der Waals surface area contributed by atoms with Crippen LogP contribution in [0, 0.1) is 0 Å². The maximum Gasteiger partial charge on any atom is 0.261 e. The van der Waals surface area contributed by atoms with Crippen LogP contribution in [-0.2, 0) is 0 Å². The fraction of sp³-hybridized carbons (Fsp3) is 0.167. The highest BCUT2D eigenvalue weighted by Crippen LogP contribution is 2.25. The van der Waals surface area contributed by atoms with Crippen LogP contribution in [0.3, 0.4) is 0 Å². The van der Waals surface area contributed by atoms with Gasteiger partial charge in [-0.3, -0.25) is 4.79 Å². The fourth-order valence-corrected chi connectivity index (χ4v) is 2.49. The average Bonchev–Trinajstić information content (AvgIpc) is 2.81. The monoisotopic (exact) mass is 263 g/mol. The normalized spacial score (nSPS) is 13.5. The molecule has 1 aromatic carbocycles. The molecule has 0 saturated heterocycles. The molecule has 1 heterocycles. The molecule has 5 nitrogen and oxygen atoms in total. The van der Waals surface area contributed by atoms with Crippen molar-refractivity contribution in [3.63, 3.8) is 0 Å². The zero-order valence-corrected chi connectivity index (χ0v) is 10.6. The highest BCUT2D eigenvalue weighted by molar-refractivity contribution is 7.20. The molecule has 4 N–H and O–H groups in total. The molecule has 0 spiro atoms. The van der Waals surface area contributed by atoms with Crippen molar-refractivity contribution >= 4 is 33.2 Å². The molecule has 0 saturated carbocycles. The Morgan fingerprint density at radius 1 is 1.50 bits per heavy atom. The fourth-order valence-electron chi connectivity index (χ4n) is 1.52. The summed E-state index contributed by atoms with van der Waals surface area (Å²) in [7, 11) is 0. The summed E-state index contributed by atoms with van der Waals surface area (Å²) in [5.74, 6) is -0.250. The molecule has 0 bridgehead atoms. The number of hydrogen-bond acceptors (Lipinski definition) is 4. The predicted molar refractivity (Wildman–Crippen MR) is 72.2 cm³/mol. The molecule has 0 fully saturated rings. The second kappa shape index (κ2) is 5.05. The molecule has 1 aromatic heterocycles. The molecule has 18 heavy (non-hydrogen) atoms. The summed E-state index contributed by atoms with van der Waals surface area (Å²) in [6.45, 7) is 1.65. The molecule has 1 atom stereocenters. The lowest BCUT2D eigenvalue weighted by molar-refractivity contribution is 0.0953. The van der Waals surface area contributed by atoms with Crippen LogP contribution in [0.5, 0.6) is 0 Å². The van der Waals surface area contributed by atoms with Gasteiger partial charge in [-0.25, -0.2) is 0 Å². The van der Waals surface area contributed by atoms with Gasteiger partial charge in [-0.15, -0.1) is 11.3 Å². The number of fused-ring (bicyclic) bond motifs is 1. The third kappa shape index (κ3) is 2.43. The van der Waals surface area contributed by atoms with Crippen LogP contribution in [0.1, 0.15) is 16.6 Å². The highest BCUT2D eigenvalue weighted by Gasteiger charge is 2.15. The van der Waals surface area contributed by atoms with Gasteiger partial charge in [-0.2, -0.15) is 0 Å². The van der Waals surface area contributed by atoms with Crippen LogP contribution >= 0.6 is 11.3 Å². The SMILES string of the molecule is CC(NC(=O)c1cc2ccccc2s1)C(N)=NO. The minimum atomic E-state index is -0.507. The lowest BCUT2D eigenvalue weighted by atomic mass is 10.2. The van der Waals surface area contributed by atoms with Crippen molar-refractivity contribution in [3.05, 3.63) is 35.2 Å². The van der Waals surface area contributed by atoms with E-state index < -0.39 is 6.04 Å². The number of rotatable bonds is 3. The van der Waals surface area contributed by atoms with Gasteiger partial charge in [0.1, 0.15) is 0 Å². The van der Waals surface area contributed by atoms with Crippen molar-refractivity contribution in [1.82, 2.24) is 5.32 Å². The first-order valence-electron chi connectivity index (χ1n) is 5.38. The van der Waals surface area contributed by atoms with Gasteiger partial charge in [0.05, 0.1) is 10.9 Å². The van der Waals surface area contributed by atoms with E-state index in [9.17, 15) is 4.79 Å². The van der Waals surface area contributed by atoms with Crippen LogP contribution in [-0.4, -0.2) is 23.0 Å². The maximum absolute atomic E-state index is 12.0. The third-order valence-corrected chi connectivity index (χ3v) is 3.67. The van der Waals surface area contributed by atoms with Crippen LogP contribution < -0.4 is 11.1 Å². The number of carbonyl (C=O) groups excluding carboxylic acids is 1. The minimum Gasteiger partial charge on any atom is -0.409 e. The maximum atomic E-state index is 12.0. The van der Waals surface area contributed by atoms with E-state index in [2.05, 4.69) is 10.5 Å². The van der Waals surface area contributed by atoms with Gasteiger partial charge < -0.3 is 16.3 Å². The molecule has 1 amide bonds. The number of benzene rings is 1. The second-order valence-corrected chi connectivity index (χ2v) is 4.95. The molecule has 0 aliphatic heterocycles. The van der Waals surface area contributed by atoms with Crippen LogP contribution in [0.25, 0.3) is 10.1 Å². The van der Waals surface area contributed by atoms with Crippen molar-refractivity contribution in [3.8, 4) is 0 Å². The number of nitrogens with one attached hydrogen (secondary N) is 1. The van der Waals surface area contributed by atoms with E-state index >= 15 is 0 Å². The van der Waals surface area contributed by atoms with Gasteiger partial charge in [0.15, 0.2) is 5.84 Å². The van der Waals surface area contributed by atoms with E-state index in [1.807, 2.05) is 30.3 Å². The van der Waals surface area contributed by atoms with Gasteiger partial charge in [0, 0.05) is 4.70 Å². The van der Waals surface area contributed by atoms with Crippen molar-refractivity contribution in [2.24, 2.45) is 10.9 Å². The van der Waals surface area contributed by atoms with Crippen LogP contribution in [0.2, 0.25) is 0 Å². The average molecular weight is 263 g/mol. The lowest BCUT2D eigenvalue weighted by Gasteiger charge is -2.10. The van der Waals surface area contributed by atoms with Gasteiger partial charge in [0.2, 0.25) is 0 Å². The molecule has 6 heteroatoms. The summed E-state index contributed by atoms with van der Waals surface area (Å²) in [5, 5.41) is 15.1. The van der Waals surface area contributed by atoms with Gasteiger partial charge in [0.25, 0.3) is 5.91 Å². The summed E-state index contributed by atoms with van der Waals surface area (Å²) in [4.78, 5) is 12.6. The first-order valence-corrected chi connectivity index (χ1v) is 6.20. The zero-order chi connectivity index (χ0) is 13.1. The van der Waals surface area contributed by atoms with E-state index in [1.54, 1.807) is 6.92 Å². The molecule has 1 unspecified atom stereocenters. The molecular weight excluding hydrogens is 250 g/mol. The molecule has 2 rings (SSSR count). The van der Waals surface area contributed by atoms with Crippen molar-refractivity contribution in [2.45, 2.75) is 13.0 Å². The number of amides is 1. The second-order valence-electron chi connectivity index (χ2n) is 3.87. The third-order valence-electron chi connectivity index (χ3n) is 2.56. The molecular formula is C12H13N3O2S. The quantitative estimate of drug-likeness (QED) is 0.341. The molecule has 0 aliphatic carbocycles. The van der Waals surface area contributed by atoms with Gasteiger partial charge >= 0.3 is 0 Å². The Morgan fingerprint density at radius 2 is 2.22 bits per heavy atom. The number of nitrogens with zero attached hydrogens (tertiary/aromatic N) is 1. The smallest absolute Gasteiger partial charge is 0.261 e. The Hall–Kier alpha value is -2.08. The zero-order valence-electron chi connectivity index (χ0n) is 9.75. The van der Waals surface area contributed by atoms with E-state index in [1.165, 1.54) is 11.3 Å². The first kappa shape index (κ1) is 12.4. The van der Waals surface area contributed by atoms with Crippen LogP contribution in [0.15, 0.2) is 35.5 Å². The Kier molecular flexibility index (Phi) is 3.47. The summed E-state index contributed by atoms with van der Waals surface area (Å²) < 4.78 is 1.05. The molecule has 94 valence electrons. The largest absolute Gasteiger partial charge is 0.409 e. The Labute approximate surface area is 108 Å². The van der Waals surface area contributed by atoms with Crippen molar-refractivity contribution in [1.29, 1.82) is 0 Å². The molecule has 2 aromatic rings. The standard InChI is InChI=1S/C12H13N3O2S/c1-7(11(13)15-17)14-12(16)10-6-8-4-2-3-5-9(8)18-10/h2-7,17H,1H3,(H2,13,15)(H,14,16). The topological polar surface area (TPSA) is 87.7 Å². The molecule has 0 radical (unpaired) electrons. The van der Waals surface area contributed by atoms with Gasteiger partial charge in [-0.05, 0) is 24.4 Å². The Balaban J connectivity index is 2.18. The number of oxime groups is 1. The van der Waals surface area contributed by atoms with Gasteiger partial charge in [-0.1, -0.05) is 23.4 Å². The number of carbonyl (C=O) groups is 1. The van der Waals surface area contributed by atoms with E-state index in [-0.39, 0.29) is 11.7 Å². The summed E-state index contributed by atoms with van der Waals surface area (Å²) in [5.41, 5.74) is 5.41. The summed E-state index contributed by atoms with van der Waals surface area (Å²) >= 11 is 1.41. The first-order chi connectivity index (χ1) is 8.61. The van der Waals surface area contributed by atoms with E-state index in [0.717, 1.165) is 10.1 Å². The Morgan fingerprint density at radius 3 is 2.89 bits per heavy atom. The summed E-state index contributed by atoms with van der Waals surface area (Å²) in [6, 6.07) is 9.09. The number of thiophene rings is 1. The van der Waals surface area contributed by atoms with Crippen molar-refractivity contribution in [2.75, 3.05) is 0 Å². The van der Waals surface area contributed by atoms with E-state index in [0.29, 0.717) is 4.88 Å². The summed E-state index contributed by atoms with van der Waals surface area (Å²) in [6.07, 6.45) is 0. The van der Waals surface area contributed by atoms with Crippen molar-refractivity contribution < 1.29 is 10.0 Å². The van der Waals surface area contributed by atoms with E-state index in [4.69, 9.17) is 10.9 Å². The highest BCUT2D eigenvalue weighted by atomic mass is 32.1. The predicted octanol–water partition coefficient (Wildman–Crippen LogP) is 1.77. The molecule has 0 aliphatic rings. The number of amidine groups is 1.